The maximum atomic E-state index is 4.31. The van der Waals surface area contributed by atoms with Crippen molar-refractivity contribution in [3.63, 3.8) is 0 Å². The highest BCUT2D eigenvalue weighted by Gasteiger charge is 2.00. The Labute approximate surface area is 150 Å². The van der Waals surface area contributed by atoms with Gasteiger partial charge in [-0.25, -0.2) is 0 Å². The van der Waals surface area contributed by atoms with Crippen molar-refractivity contribution in [2.45, 2.75) is 29.4 Å². The van der Waals surface area contributed by atoms with E-state index in [0.29, 0.717) is 0 Å². The summed E-state index contributed by atoms with van der Waals surface area (Å²) in [4.78, 5) is 6.90. The van der Waals surface area contributed by atoms with Gasteiger partial charge in [0, 0.05) is 29.4 Å². The molecule has 3 aromatic rings. The minimum atomic E-state index is 0.989. The summed E-state index contributed by atoms with van der Waals surface area (Å²) in [7, 11) is 0. The number of benzene rings is 3. The fourth-order valence-electron chi connectivity index (χ4n) is 1.88. The normalized spacial score (nSPS) is 10.6. The highest BCUT2D eigenvalue weighted by molar-refractivity contribution is 7.99. The van der Waals surface area contributed by atoms with E-state index >= 15 is 0 Å². The minimum absolute atomic E-state index is 0.989. The van der Waals surface area contributed by atoms with Gasteiger partial charge in [-0.05, 0) is 72.8 Å². The monoisotopic (exact) mass is 358 g/mol. The Morgan fingerprint density at radius 1 is 0.409 bits per heavy atom. The molecular weight excluding hydrogens is 344 g/mol. The summed E-state index contributed by atoms with van der Waals surface area (Å²) in [5.74, 6) is 0. The van der Waals surface area contributed by atoms with Gasteiger partial charge in [0.15, 0.2) is 0 Å². The van der Waals surface area contributed by atoms with E-state index in [-0.39, 0.29) is 0 Å². The Morgan fingerprint density at radius 2 is 0.636 bits per heavy atom. The predicted molar refractivity (Wildman–Crippen MR) is 102 cm³/mol. The molecule has 22 heavy (non-hydrogen) atoms. The molecule has 0 aliphatic carbocycles. The van der Waals surface area contributed by atoms with Gasteiger partial charge >= 0.3 is 0 Å². The number of hydrogen-bond acceptors (Lipinski definition) is 4. The molecule has 0 atom stereocenters. The van der Waals surface area contributed by atoms with Crippen LogP contribution in [0.4, 0.5) is 0 Å². The molecule has 0 aliphatic heterocycles. The van der Waals surface area contributed by atoms with Crippen molar-refractivity contribution in [1.29, 1.82) is 0 Å². The van der Waals surface area contributed by atoms with Gasteiger partial charge in [-0.3, -0.25) is 0 Å². The molecule has 4 heteroatoms. The minimum Gasteiger partial charge on any atom is -0.143 e. The van der Waals surface area contributed by atoms with Crippen LogP contribution in [0.5, 0.6) is 0 Å². The lowest BCUT2D eigenvalue weighted by Crippen LogP contribution is -1.76. The summed E-state index contributed by atoms with van der Waals surface area (Å²) in [6.07, 6.45) is 0. The Bertz CT molecular complexity index is 665. The highest BCUT2D eigenvalue weighted by atomic mass is 32.2. The van der Waals surface area contributed by atoms with Crippen LogP contribution in [0.3, 0.4) is 0 Å². The van der Waals surface area contributed by atoms with Crippen LogP contribution in [-0.4, -0.2) is 0 Å². The molecule has 0 saturated carbocycles. The topological polar surface area (TPSA) is 0 Å². The maximum absolute atomic E-state index is 4.31. The van der Waals surface area contributed by atoms with Crippen molar-refractivity contribution in [2.75, 3.05) is 0 Å². The van der Waals surface area contributed by atoms with Gasteiger partial charge in [0.2, 0.25) is 0 Å². The summed E-state index contributed by atoms with van der Waals surface area (Å²) in [6, 6.07) is 25.1. The van der Waals surface area contributed by atoms with Gasteiger partial charge in [-0.15, -0.1) is 25.3 Å². The van der Waals surface area contributed by atoms with Crippen molar-refractivity contribution < 1.29 is 0 Å². The fourth-order valence-corrected chi connectivity index (χ4v) is 3.81. The molecule has 0 aliphatic rings. The predicted octanol–water partition coefficient (Wildman–Crippen LogP) is 6.57. The van der Waals surface area contributed by atoms with Crippen LogP contribution in [-0.2, 0) is 0 Å². The molecule has 3 aromatic carbocycles. The van der Waals surface area contributed by atoms with Gasteiger partial charge in [0.05, 0.1) is 0 Å². The molecule has 0 amide bonds. The zero-order chi connectivity index (χ0) is 15.4. The molecule has 0 spiro atoms. The van der Waals surface area contributed by atoms with Gasteiger partial charge in [-0.1, -0.05) is 23.5 Å². The molecule has 0 fully saturated rings. The third kappa shape index (κ3) is 4.53. The first kappa shape index (κ1) is 15.9. The molecule has 0 N–H and O–H groups in total. The van der Waals surface area contributed by atoms with Gasteiger partial charge < -0.3 is 0 Å². The SMILES string of the molecule is Sc1ccc(Sc2ccc(Sc3ccc(S)cc3)cc2)cc1. The average molecular weight is 359 g/mol. The first-order chi connectivity index (χ1) is 10.7. The zero-order valence-corrected chi connectivity index (χ0v) is 15.1. The quantitative estimate of drug-likeness (QED) is 0.506. The second-order valence-corrected chi connectivity index (χ2v) is 7.99. The maximum Gasteiger partial charge on any atom is 0.0123 e. The summed E-state index contributed by atoms with van der Waals surface area (Å²) in [5, 5.41) is 0. The molecule has 3 rings (SSSR count). The van der Waals surface area contributed by atoms with Crippen LogP contribution in [0.25, 0.3) is 0 Å². The van der Waals surface area contributed by atoms with Crippen LogP contribution >= 0.6 is 48.8 Å². The number of thiol groups is 2. The molecule has 0 bridgehead atoms. The highest BCUT2D eigenvalue weighted by Crippen LogP contribution is 2.32. The van der Waals surface area contributed by atoms with Crippen LogP contribution in [0.2, 0.25) is 0 Å². The van der Waals surface area contributed by atoms with Crippen molar-refractivity contribution in [2.24, 2.45) is 0 Å². The summed E-state index contributed by atoms with van der Waals surface area (Å²) >= 11 is 12.1. The van der Waals surface area contributed by atoms with E-state index in [1.54, 1.807) is 23.5 Å². The van der Waals surface area contributed by atoms with Gasteiger partial charge in [-0.2, -0.15) is 0 Å². The van der Waals surface area contributed by atoms with E-state index in [1.807, 2.05) is 24.3 Å². The lowest BCUT2D eigenvalue weighted by Gasteiger charge is -2.05. The van der Waals surface area contributed by atoms with E-state index in [2.05, 4.69) is 73.8 Å². The second kappa shape index (κ2) is 7.55. The van der Waals surface area contributed by atoms with E-state index in [1.165, 1.54) is 19.6 Å². The fraction of sp³-hybridized carbons (Fsp3) is 0. The van der Waals surface area contributed by atoms with Crippen molar-refractivity contribution in [3.05, 3.63) is 72.8 Å². The Balaban J connectivity index is 1.67. The Kier molecular flexibility index (Phi) is 5.47. The Morgan fingerprint density at radius 3 is 0.909 bits per heavy atom. The molecule has 0 nitrogen and oxygen atoms in total. The molecule has 110 valence electrons. The zero-order valence-electron chi connectivity index (χ0n) is 11.6. The largest absolute Gasteiger partial charge is 0.143 e. The number of rotatable bonds is 4. The van der Waals surface area contributed by atoms with Gasteiger partial charge in [0.25, 0.3) is 0 Å². The summed E-state index contributed by atoms with van der Waals surface area (Å²) < 4.78 is 0. The smallest absolute Gasteiger partial charge is 0.0123 e. The lowest BCUT2D eigenvalue weighted by molar-refractivity contribution is 1.31. The molecular formula is C18H14S4. The van der Waals surface area contributed by atoms with E-state index < -0.39 is 0 Å². The average Bonchev–Trinajstić information content (AvgIpc) is 2.54. The van der Waals surface area contributed by atoms with Crippen LogP contribution < -0.4 is 0 Å². The second-order valence-electron chi connectivity index (χ2n) is 4.66. The van der Waals surface area contributed by atoms with Crippen molar-refractivity contribution in [3.8, 4) is 0 Å². The van der Waals surface area contributed by atoms with E-state index in [0.717, 1.165) is 9.79 Å². The van der Waals surface area contributed by atoms with Crippen molar-refractivity contribution >= 4 is 48.8 Å². The van der Waals surface area contributed by atoms with Crippen molar-refractivity contribution in [1.82, 2.24) is 0 Å². The van der Waals surface area contributed by atoms with Crippen LogP contribution in [0, 0.1) is 0 Å². The third-order valence-corrected chi connectivity index (χ3v) is 5.60. The standard InChI is InChI=1S/C18H14S4/c19-13-1-5-15(6-2-13)21-17-9-11-18(12-10-17)22-16-7-3-14(20)4-8-16/h1-12,19-20H. The molecule has 0 saturated heterocycles. The summed E-state index contributed by atoms with van der Waals surface area (Å²) in [5.41, 5.74) is 0. The first-order valence-electron chi connectivity index (χ1n) is 6.73. The van der Waals surface area contributed by atoms with E-state index in [4.69, 9.17) is 0 Å². The third-order valence-electron chi connectivity index (χ3n) is 2.97. The summed E-state index contributed by atoms with van der Waals surface area (Å²) in [6.45, 7) is 0. The lowest BCUT2D eigenvalue weighted by atomic mass is 10.4. The van der Waals surface area contributed by atoms with Crippen LogP contribution in [0.1, 0.15) is 0 Å². The molecule has 0 heterocycles. The molecule has 0 aromatic heterocycles. The molecule has 0 unspecified atom stereocenters. The molecule has 0 radical (unpaired) electrons. The number of hydrogen-bond donors (Lipinski definition) is 2. The van der Waals surface area contributed by atoms with E-state index in [9.17, 15) is 0 Å². The van der Waals surface area contributed by atoms with Gasteiger partial charge in [0.1, 0.15) is 0 Å². The van der Waals surface area contributed by atoms with Crippen LogP contribution in [0.15, 0.2) is 102 Å². The first-order valence-corrected chi connectivity index (χ1v) is 9.26. The Hall–Kier alpha value is -0.940.